The summed E-state index contributed by atoms with van der Waals surface area (Å²) in [6.45, 7) is 5.41. The molecule has 1 aliphatic heterocycles. The minimum Gasteiger partial charge on any atom is -0.297 e. The largest absolute Gasteiger partial charge is 0.297 e. The molecule has 5 heteroatoms. The third kappa shape index (κ3) is 4.35. The number of rotatable bonds is 5. The number of hydrogen-bond acceptors (Lipinski definition) is 5. The van der Waals surface area contributed by atoms with Crippen molar-refractivity contribution >= 4 is 22.7 Å². The topological polar surface area (TPSA) is 29.0 Å². The first-order valence-electron chi connectivity index (χ1n) is 8.89. The standard InChI is InChI=1S/C20H23N3S2/c1-15-21-18(13-24-15)11-16-7-9-23(10-8-16)12-19-14-25-20(22-19)17-5-3-2-4-6-17/h2-6,13-14,16H,7-12H2,1H3. The molecule has 3 heterocycles. The van der Waals surface area contributed by atoms with Crippen LogP contribution in [0.4, 0.5) is 0 Å². The van der Waals surface area contributed by atoms with Crippen LogP contribution in [-0.4, -0.2) is 28.0 Å². The zero-order valence-electron chi connectivity index (χ0n) is 14.5. The number of nitrogens with zero attached hydrogens (tertiary/aromatic N) is 3. The molecule has 0 radical (unpaired) electrons. The minimum absolute atomic E-state index is 0.785. The molecule has 0 saturated carbocycles. The highest BCUT2D eigenvalue weighted by Gasteiger charge is 2.21. The molecule has 2 aromatic heterocycles. The number of aryl methyl sites for hydroxylation is 1. The van der Waals surface area contributed by atoms with Gasteiger partial charge in [0.1, 0.15) is 5.01 Å². The predicted molar refractivity (Wildman–Crippen MR) is 106 cm³/mol. The first-order chi connectivity index (χ1) is 12.3. The molecule has 0 amide bonds. The van der Waals surface area contributed by atoms with Gasteiger partial charge in [0.2, 0.25) is 0 Å². The molecule has 0 spiro atoms. The fourth-order valence-electron chi connectivity index (χ4n) is 3.47. The lowest BCUT2D eigenvalue weighted by molar-refractivity contribution is 0.175. The lowest BCUT2D eigenvalue weighted by Gasteiger charge is -2.31. The molecule has 1 aromatic carbocycles. The van der Waals surface area contributed by atoms with Gasteiger partial charge in [0.15, 0.2) is 0 Å². The van der Waals surface area contributed by atoms with Crippen molar-refractivity contribution in [3.8, 4) is 10.6 Å². The van der Waals surface area contributed by atoms with E-state index in [2.05, 4.69) is 57.9 Å². The van der Waals surface area contributed by atoms with Gasteiger partial charge in [-0.05, 0) is 45.2 Å². The van der Waals surface area contributed by atoms with Crippen molar-refractivity contribution in [2.75, 3.05) is 13.1 Å². The SMILES string of the molecule is Cc1nc(CC2CCN(Cc3csc(-c4ccccc4)n3)CC2)cs1. The maximum Gasteiger partial charge on any atom is 0.123 e. The van der Waals surface area contributed by atoms with Crippen LogP contribution >= 0.6 is 22.7 Å². The first kappa shape index (κ1) is 16.9. The first-order valence-corrected chi connectivity index (χ1v) is 10.7. The van der Waals surface area contributed by atoms with Crippen molar-refractivity contribution in [1.82, 2.24) is 14.9 Å². The van der Waals surface area contributed by atoms with Gasteiger partial charge < -0.3 is 0 Å². The van der Waals surface area contributed by atoms with E-state index in [1.165, 1.54) is 47.9 Å². The van der Waals surface area contributed by atoms with Crippen molar-refractivity contribution in [2.24, 2.45) is 5.92 Å². The van der Waals surface area contributed by atoms with E-state index in [1.807, 2.05) is 0 Å². The Kier molecular flexibility index (Phi) is 5.25. The summed E-state index contributed by atoms with van der Waals surface area (Å²) >= 11 is 3.52. The highest BCUT2D eigenvalue weighted by Crippen LogP contribution is 2.26. The van der Waals surface area contributed by atoms with E-state index in [4.69, 9.17) is 4.98 Å². The van der Waals surface area contributed by atoms with Crippen LogP contribution in [-0.2, 0) is 13.0 Å². The molecule has 0 N–H and O–H groups in total. The van der Waals surface area contributed by atoms with E-state index >= 15 is 0 Å². The van der Waals surface area contributed by atoms with Crippen LogP contribution in [0.5, 0.6) is 0 Å². The quantitative estimate of drug-likeness (QED) is 0.631. The summed E-state index contributed by atoms with van der Waals surface area (Å²) in [5.74, 6) is 0.785. The maximum atomic E-state index is 4.83. The Labute approximate surface area is 157 Å². The summed E-state index contributed by atoms with van der Waals surface area (Å²) in [5, 5.41) is 6.75. The zero-order chi connectivity index (χ0) is 17.1. The maximum absolute atomic E-state index is 4.83. The van der Waals surface area contributed by atoms with Crippen molar-refractivity contribution in [3.05, 3.63) is 57.5 Å². The third-order valence-corrected chi connectivity index (χ3v) is 6.59. The van der Waals surface area contributed by atoms with Gasteiger partial charge in [-0.3, -0.25) is 4.90 Å². The Morgan fingerprint density at radius 1 is 1.00 bits per heavy atom. The molecule has 1 fully saturated rings. The van der Waals surface area contributed by atoms with Crippen LogP contribution in [0, 0.1) is 12.8 Å². The van der Waals surface area contributed by atoms with Crippen LogP contribution in [0.1, 0.15) is 29.2 Å². The molecule has 1 aliphatic rings. The molecule has 0 unspecified atom stereocenters. The number of hydrogen-bond donors (Lipinski definition) is 0. The van der Waals surface area contributed by atoms with Crippen molar-refractivity contribution in [3.63, 3.8) is 0 Å². The molecule has 3 aromatic rings. The summed E-state index contributed by atoms with van der Waals surface area (Å²) < 4.78 is 0. The highest BCUT2D eigenvalue weighted by molar-refractivity contribution is 7.13. The molecule has 0 atom stereocenters. The highest BCUT2D eigenvalue weighted by atomic mass is 32.1. The smallest absolute Gasteiger partial charge is 0.123 e. The summed E-state index contributed by atoms with van der Waals surface area (Å²) in [6.07, 6.45) is 3.69. The van der Waals surface area contributed by atoms with Crippen molar-refractivity contribution < 1.29 is 0 Å². The number of aromatic nitrogens is 2. The van der Waals surface area contributed by atoms with Gasteiger partial charge in [-0.1, -0.05) is 30.3 Å². The lowest BCUT2D eigenvalue weighted by Crippen LogP contribution is -2.34. The van der Waals surface area contributed by atoms with Crippen molar-refractivity contribution in [2.45, 2.75) is 32.7 Å². The average Bonchev–Trinajstić information content (AvgIpc) is 3.27. The summed E-state index contributed by atoms with van der Waals surface area (Å²) in [4.78, 5) is 12.0. The minimum atomic E-state index is 0.785. The second kappa shape index (κ2) is 7.77. The number of likely N-dealkylation sites (tertiary alicyclic amines) is 1. The van der Waals surface area contributed by atoms with Gasteiger partial charge in [0.25, 0.3) is 0 Å². The van der Waals surface area contributed by atoms with Crippen molar-refractivity contribution in [1.29, 1.82) is 0 Å². The fourth-order valence-corrected chi connectivity index (χ4v) is 4.91. The monoisotopic (exact) mass is 369 g/mol. The molecule has 130 valence electrons. The molecule has 4 rings (SSSR count). The summed E-state index contributed by atoms with van der Waals surface area (Å²) in [5.41, 5.74) is 3.71. The van der Waals surface area contributed by atoms with Gasteiger partial charge in [0.05, 0.1) is 16.4 Å². The molecule has 0 bridgehead atoms. The van der Waals surface area contributed by atoms with E-state index in [0.717, 1.165) is 23.9 Å². The van der Waals surface area contributed by atoms with E-state index in [-0.39, 0.29) is 0 Å². The molecular formula is C20H23N3S2. The van der Waals surface area contributed by atoms with Crippen LogP contribution in [0.15, 0.2) is 41.1 Å². The Morgan fingerprint density at radius 2 is 1.76 bits per heavy atom. The Hall–Kier alpha value is -1.56. The third-order valence-electron chi connectivity index (χ3n) is 4.83. The lowest BCUT2D eigenvalue weighted by atomic mass is 9.92. The normalized spacial score (nSPS) is 16.4. The van der Waals surface area contributed by atoms with E-state index in [9.17, 15) is 0 Å². The second-order valence-corrected chi connectivity index (χ2v) is 8.71. The van der Waals surface area contributed by atoms with Gasteiger partial charge >= 0.3 is 0 Å². The summed E-state index contributed by atoms with van der Waals surface area (Å²) in [7, 11) is 0. The van der Waals surface area contributed by atoms with Gasteiger partial charge in [-0.25, -0.2) is 9.97 Å². The average molecular weight is 370 g/mol. The molecular weight excluding hydrogens is 346 g/mol. The number of benzene rings is 1. The molecule has 3 nitrogen and oxygen atoms in total. The van der Waals surface area contributed by atoms with Gasteiger partial charge in [-0.15, -0.1) is 22.7 Å². The molecule has 0 aliphatic carbocycles. The molecule has 1 saturated heterocycles. The Morgan fingerprint density at radius 3 is 2.48 bits per heavy atom. The zero-order valence-corrected chi connectivity index (χ0v) is 16.2. The molecule has 25 heavy (non-hydrogen) atoms. The van der Waals surface area contributed by atoms with Crippen LogP contribution in [0.2, 0.25) is 0 Å². The van der Waals surface area contributed by atoms with E-state index < -0.39 is 0 Å². The van der Waals surface area contributed by atoms with Gasteiger partial charge in [-0.2, -0.15) is 0 Å². The van der Waals surface area contributed by atoms with E-state index in [1.54, 1.807) is 22.7 Å². The van der Waals surface area contributed by atoms with Crippen LogP contribution < -0.4 is 0 Å². The van der Waals surface area contributed by atoms with Crippen LogP contribution in [0.3, 0.4) is 0 Å². The van der Waals surface area contributed by atoms with Crippen LogP contribution in [0.25, 0.3) is 10.6 Å². The fraction of sp³-hybridized carbons (Fsp3) is 0.400. The Bertz CT molecular complexity index is 801. The Balaban J connectivity index is 1.29. The van der Waals surface area contributed by atoms with Gasteiger partial charge in [0, 0.05) is 22.9 Å². The predicted octanol–water partition coefficient (Wildman–Crippen LogP) is 5.03. The number of thiazole rings is 2. The summed E-state index contributed by atoms with van der Waals surface area (Å²) in [6, 6.07) is 10.5. The van der Waals surface area contributed by atoms with E-state index in [0.29, 0.717) is 0 Å². The number of piperidine rings is 1. The second-order valence-electron chi connectivity index (χ2n) is 6.79.